The number of nitrogens with zero attached hydrogens (tertiary/aromatic N) is 1. The lowest BCUT2D eigenvalue weighted by molar-refractivity contribution is -0.120. The van der Waals surface area contributed by atoms with Gasteiger partial charge < -0.3 is 10.2 Å². The summed E-state index contributed by atoms with van der Waals surface area (Å²) in [6.07, 6.45) is 1.30. The van der Waals surface area contributed by atoms with Crippen LogP contribution < -0.4 is 5.32 Å². The number of benzene rings is 1. The Morgan fingerprint density at radius 1 is 1.14 bits per heavy atom. The van der Waals surface area contributed by atoms with Crippen LogP contribution in [0.3, 0.4) is 0 Å². The Morgan fingerprint density at radius 3 is 2.32 bits per heavy atom. The van der Waals surface area contributed by atoms with Crippen LogP contribution in [0, 0.1) is 0 Å². The van der Waals surface area contributed by atoms with Crippen LogP contribution in [0.2, 0.25) is 10.0 Å². The number of hydrogen-bond acceptors (Lipinski definition) is 2. The molecule has 1 aromatic carbocycles. The van der Waals surface area contributed by atoms with Crippen molar-refractivity contribution in [3.8, 4) is 0 Å². The Kier molecular flexibility index (Phi) is 6.21. The molecule has 0 aromatic heterocycles. The molecule has 2 amide bonds. The zero-order valence-corrected chi connectivity index (χ0v) is 14.5. The molecule has 22 heavy (non-hydrogen) atoms. The van der Waals surface area contributed by atoms with E-state index in [1.807, 2.05) is 0 Å². The van der Waals surface area contributed by atoms with Crippen LogP contribution in [0.5, 0.6) is 0 Å². The van der Waals surface area contributed by atoms with Crippen molar-refractivity contribution in [2.75, 3.05) is 13.1 Å². The van der Waals surface area contributed by atoms with E-state index >= 15 is 0 Å². The predicted molar refractivity (Wildman–Crippen MR) is 89.0 cm³/mol. The number of alkyl halides is 2. The summed E-state index contributed by atoms with van der Waals surface area (Å²) >= 11 is 22.8. The third-order valence-electron chi connectivity index (χ3n) is 3.49. The monoisotopic (exact) mass is 382 g/mol. The highest BCUT2D eigenvalue weighted by molar-refractivity contribution is 6.53. The largest absolute Gasteiger partial charge is 0.351 e. The third kappa shape index (κ3) is 4.42. The van der Waals surface area contributed by atoms with Crippen molar-refractivity contribution in [3.63, 3.8) is 0 Å². The minimum absolute atomic E-state index is 0.0228. The fourth-order valence-corrected chi connectivity index (χ4v) is 2.73. The van der Waals surface area contributed by atoms with Gasteiger partial charge in [0.25, 0.3) is 11.8 Å². The average molecular weight is 384 g/mol. The van der Waals surface area contributed by atoms with Crippen molar-refractivity contribution >= 4 is 58.2 Å². The molecule has 1 N–H and O–H groups in total. The topological polar surface area (TPSA) is 49.4 Å². The van der Waals surface area contributed by atoms with E-state index in [1.54, 1.807) is 23.1 Å². The summed E-state index contributed by atoms with van der Waals surface area (Å²) in [5.74, 6) is -0.506. The molecule has 1 aliphatic rings. The van der Waals surface area contributed by atoms with E-state index in [4.69, 9.17) is 46.4 Å². The highest BCUT2D eigenvalue weighted by Crippen LogP contribution is 2.24. The number of carbonyl (C=O) groups is 2. The van der Waals surface area contributed by atoms with Gasteiger partial charge >= 0.3 is 0 Å². The minimum Gasteiger partial charge on any atom is -0.351 e. The first-order chi connectivity index (χ1) is 10.4. The van der Waals surface area contributed by atoms with Crippen LogP contribution in [-0.4, -0.2) is 40.7 Å². The molecule has 1 saturated heterocycles. The standard InChI is InChI=1S/C14H14Cl4N2O2/c15-10-2-1-8(7-11(10)16)14(22)20-5-3-9(4-6-20)19-13(21)12(17)18/h1-2,7,9,12H,3-6H2,(H,19,21). The number of nitrogens with one attached hydrogen (secondary N) is 1. The van der Waals surface area contributed by atoms with E-state index in [1.165, 1.54) is 0 Å². The molecule has 0 bridgehead atoms. The molecular formula is C14H14Cl4N2O2. The van der Waals surface area contributed by atoms with Crippen molar-refractivity contribution in [2.24, 2.45) is 0 Å². The first-order valence-corrected chi connectivity index (χ1v) is 8.34. The molecule has 120 valence electrons. The van der Waals surface area contributed by atoms with Gasteiger partial charge in [0, 0.05) is 24.7 Å². The van der Waals surface area contributed by atoms with Crippen LogP contribution in [0.25, 0.3) is 0 Å². The second kappa shape index (κ2) is 7.73. The minimum atomic E-state index is -1.07. The number of halogens is 4. The van der Waals surface area contributed by atoms with E-state index < -0.39 is 10.7 Å². The Hall–Kier alpha value is -0.680. The SMILES string of the molecule is O=C(NC1CCN(C(=O)c2ccc(Cl)c(Cl)c2)CC1)C(Cl)Cl. The first kappa shape index (κ1) is 17.7. The Morgan fingerprint density at radius 2 is 1.77 bits per heavy atom. The summed E-state index contributed by atoms with van der Waals surface area (Å²) in [4.78, 5) is 24.5. The van der Waals surface area contributed by atoms with Crippen molar-refractivity contribution < 1.29 is 9.59 Å². The summed E-state index contributed by atoms with van der Waals surface area (Å²) < 4.78 is 0. The van der Waals surface area contributed by atoms with Crippen LogP contribution in [0.15, 0.2) is 18.2 Å². The fraction of sp³-hybridized carbons (Fsp3) is 0.429. The lowest BCUT2D eigenvalue weighted by Gasteiger charge is -2.32. The van der Waals surface area contributed by atoms with Crippen molar-refractivity contribution in [2.45, 2.75) is 23.7 Å². The number of rotatable bonds is 3. The number of likely N-dealkylation sites (tertiary alicyclic amines) is 1. The van der Waals surface area contributed by atoms with Gasteiger partial charge in [-0.15, -0.1) is 0 Å². The lowest BCUT2D eigenvalue weighted by atomic mass is 10.0. The molecule has 0 unspecified atom stereocenters. The van der Waals surface area contributed by atoms with Crippen molar-refractivity contribution in [3.05, 3.63) is 33.8 Å². The maximum atomic E-state index is 12.4. The van der Waals surface area contributed by atoms with Crippen LogP contribution >= 0.6 is 46.4 Å². The smallest absolute Gasteiger partial charge is 0.253 e. The molecule has 0 saturated carbocycles. The van der Waals surface area contributed by atoms with E-state index in [0.717, 1.165) is 0 Å². The fourth-order valence-electron chi connectivity index (χ4n) is 2.30. The maximum Gasteiger partial charge on any atom is 0.253 e. The number of hydrogen-bond donors (Lipinski definition) is 1. The summed E-state index contributed by atoms with van der Waals surface area (Å²) in [7, 11) is 0. The highest BCUT2D eigenvalue weighted by Gasteiger charge is 2.26. The molecular weight excluding hydrogens is 370 g/mol. The molecule has 1 fully saturated rings. The molecule has 1 aromatic rings. The summed E-state index contributed by atoms with van der Waals surface area (Å²) in [6.45, 7) is 1.08. The number of piperidine rings is 1. The zero-order chi connectivity index (χ0) is 16.3. The van der Waals surface area contributed by atoms with E-state index in [0.29, 0.717) is 41.5 Å². The van der Waals surface area contributed by atoms with Gasteiger partial charge in [0.05, 0.1) is 10.0 Å². The average Bonchev–Trinajstić information content (AvgIpc) is 2.50. The number of amides is 2. The molecule has 1 heterocycles. The van der Waals surface area contributed by atoms with E-state index in [9.17, 15) is 9.59 Å². The molecule has 0 radical (unpaired) electrons. The molecule has 2 rings (SSSR count). The first-order valence-electron chi connectivity index (χ1n) is 6.71. The molecule has 1 aliphatic heterocycles. The molecule has 0 spiro atoms. The van der Waals surface area contributed by atoms with Crippen LogP contribution in [-0.2, 0) is 4.79 Å². The summed E-state index contributed by atoms with van der Waals surface area (Å²) in [5, 5.41) is 3.52. The molecule has 0 aliphatic carbocycles. The Labute approximate surface area is 148 Å². The third-order valence-corrected chi connectivity index (χ3v) is 4.63. The molecule has 8 heteroatoms. The summed E-state index contributed by atoms with van der Waals surface area (Å²) in [6, 6.07) is 4.79. The van der Waals surface area contributed by atoms with Gasteiger partial charge in [-0.3, -0.25) is 9.59 Å². The van der Waals surface area contributed by atoms with Gasteiger partial charge in [0.1, 0.15) is 0 Å². The van der Waals surface area contributed by atoms with Gasteiger partial charge in [0.2, 0.25) is 0 Å². The highest BCUT2D eigenvalue weighted by atomic mass is 35.5. The number of carbonyl (C=O) groups excluding carboxylic acids is 2. The maximum absolute atomic E-state index is 12.4. The van der Waals surface area contributed by atoms with Crippen LogP contribution in [0.1, 0.15) is 23.2 Å². The van der Waals surface area contributed by atoms with Gasteiger partial charge in [0.15, 0.2) is 4.84 Å². The van der Waals surface area contributed by atoms with Crippen molar-refractivity contribution in [1.29, 1.82) is 0 Å². The predicted octanol–water partition coefficient (Wildman–Crippen LogP) is 3.52. The van der Waals surface area contributed by atoms with Gasteiger partial charge in [-0.2, -0.15) is 0 Å². The van der Waals surface area contributed by atoms with Gasteiger partial charge in [-0.05, 0) is 31.0 Å². The second-order valence-electron chi connectivity index (χ2n) is 5.00. The van der Waals surface area contributed by atoms with Crippen molar-refractivity contribution in [1.82, 2.24) is 10.2 Å². The normalized spacial score (nSPS) is 16.0. The Balaban J connectivity index is 1.92. The second-order valence-corrected chi connectivity index (χ2v) is 6.92. The van der Waals surface area contributed by atoms with E-state index in [-0.39, 0.29) is 11.9 Å². The quantitative estimate of drug-likeness (QED) is 0.811. The molecule has 0 atom stereocenters. The van der Waals surface area contributed by atoms with E-state index in [2.05, 4.69) is 5.32 Å². The summed E-state index contributed by atoms with van der Waals surface area (Å²) in [5.41, 5.74) is 0.499. The zero-order valence-electron chi connectivity index (χ0n) is 11.5. The van der Waals surface area contributed by atoms with Gasteiger partial charge in [-0.1, -0.05) is 46.4 Å². The molecule has 4 nitrogen and oxygen atoms in total. The van der Waals surface area contributed by atoms with Crippen LogP contribution in [0.4, 0.5) is 0 Å². The van der Waals surface area contributed by atoms with Gasteiger partial charge in [-0.25, -0.2) is 0 Å². The lowest BCUT2D eigenvalue weighted by Crippen LogP contribution is -2.47. The Bertz CT molecular complexity index is 572.